The van der Waals surface area contributed by atoms with E-state index in [1.165, 1.54) is 7.11 Å². The Balaban J connectivity index is 1.52. The molecule has 3 amide bonds. The van der Waals surface area contributed by atoms with Gasteiger partial charge in [-0.25, -0.2) is 19.6 Å². The lowest BCUT2D eigenvalue weighted by atomic mass is 9.94. The van der Waals surface area contributed by atoms with Crippen molar-refractivity contribution in [1.29, 1.82) is 0 Å². The third-order valence-corrected chi connectivity index (χ3v) is 7.29. The number of carbonyl (C=O) groups excluding carboxylic acids is 2. The number of urea groups is 1. The third kappa shape index (κ3) is 6.42. The van der Waals surface area contributed by atoms with Crippen molar-refractivity contribution in [3.8, 4) is 0 Å². The Bertz CT molecular complexity index is 944. The Labute approximate surface area is 189 Å². The molecule has 0 aromatic carbocycles. The summed E-state index contributed by atoms with van der Waals surface area (Å²) in [6.45, 7) is 11.2. The molecule has 1 aliphatic heterocycles. The van der Waals surface area contributed by atoms with Crippen molar-refractivity contribution >= 4 is 37.2 Å². The number of aromatic nitrogens is 3. The predicted molar refractivity (Wildman–Crippen MR) is 125 cm³/mol. The van der Waals surface area contributed by atoms with Gasteiger partial charge >= 0.3 is 12.1 Å². The summed E-state index contributed by atoms with van der Waals surface area (Å²) in [5.74, 6) is 0.490. The highest BCUT2D eigenvalue weighted by atomic mass is 28.3. The Kier molecular flexibility index (Phi) is 7.72. The number of ether oxygens (including phenoxy) is 2. The minimum Gasteiger partial charge on any atom is -0.453 e. The molecule has 0 aliphatic carbocycles. The van der Waals surface area contributed by atoms with E-state index in [0.29, 0.717) is 43.2 Å². The van der Waals surface area contributed by atoms with E-state index in [1.807, 2.05) is 23.8 Å². The molecule has 3 rings (SSSR count). The van der Waals surface area contributed by atoms with Crippen LogP contribution in [0.25, 0.3) is 11.2 Å². The molecule has 2 N–H and O–H groups in total. The fourth-order valence-corrected chi connectivity index (χ4v) is 4.40. The molecule has 11 heteroatoms. The van der Waals surface area contributed by atoms with Crippen LogP contribution in [0.2, 0.25) is 25.7 Å². The highest BCUT2D eigenvalue weighted by Gasteiger charge is 2.30. The number of nitrogens with one attached hydrogen (secondary N) is 2. The summed E-state index contributed by atoms with van der Waals surface area (Å²) in [4.78, 5) is 34.8. The van der Waals surface area contributed by atoms with E-state index in [1.54, 1.807) is 11.1 Å². The average Bonchev–Trinajstić information content (AvgIpc) is 3.13. The molecule has 1 fully saturated rings. The van der Waals surface area contributed by atoms with E-state index < -0.39 is 8.07 Å². The maximum Gasteiger partial charge on any atom is 0.409 e. The van der Waals surface area contributed by atoms with Crippen LogP contribution in [-0.4, -0.2) is 72.5 Å². The van der Waals surface area contributed by atoms with Crippen molar-refractivity contribution in [3.63, 3.8) is 0 Å². The number of methoxy groups -OCH3 is 1. The minimum absolute atomic E-state index is 0.0398. The molecule has 2 atom stereocenters. The molecule has 0 bridgehead atoms. The van der Waals surface area contributed by atoms with Crippen LogP contribution in [0.5, 0.6) is 0 Å². The van der Waals surface area contributed by atoms with Gasteiger partial charge in [-0.15, -0.1) is 0 Å². The molecular formula is C21H34N6O4Si. The van der Waals surface area contributed by atoms with Crippen LogP contribution in [0, 0.1) is 5.92 Å². The van der Waals surface area contributed by atoms with Crippen LogP contribution in [-0.2, 0) is 16.2 Å². The second kappa shape index (κ2) is 10.3. The van der Waals surface area contributed by atoms with Crippen LogP contribution in [0.15, 0.2) is 18.5 Å². The van der Waals surface area contributed by atoms with Gasteiger partial charge in [0.15, 0.2) is 11.5 Å². The number of likely N-dealkylation sites (tertiary alicyclic amines) is 1. The maximum absolute atomic E-state index is 12.5. The summed E-state index contributed by atoms with van der Waals surface area (Å²) in [7, 11) is 0.255. The SMILES string of the molecule is COC(=O)N1CCC(NC(=O)Nc2cnc3c(ccn3COCC[Si](C)(C)C)n2)C(C)C1. The molecule has 0 saturated carbocycles. The zero-order valence-electron chi connectivity index (χ0n) is 19.6. The van der Waals surface area contributed by atoms with Gasteiger partial charge in [0, 0.05) is 40.0 Å². The molecule has 1 aliphatic rings. The van der Waals surface area contributed by atoms with Crippen molar-refractivity contribution < 1.29 is 19.1 Å². The molecule has 176 valence electrons. The lowest BCUT2D eigenvalue weighted by molar-refractivity contribution is 0.0898. The quantitative estimate of drug-likeness (QED) is 0.482. The monoisotopic (exact) mass is 462 g/mol. The summed E-state index contributed by atoms with van der Waals surface area (Å²) in [5, 5.41) is 5.74. The van der Waals surface area contributed by atoms with E-state index in [0.717, 1.165) is 12.7 Å². The third-order valence-electron chi connectivity index (χ3n) is 5.59. The standard InChI is InChI=1S/C21H34N6O4Si/c1-15-13-26(21(29)30-2)8-6-16(15)24-20(28)25-18-12-22-19-17(23-18)7-9-27(19)14-31-10-11-32(3,4)5/h7,9,12,15-16H,6,8,10-11,13-14H2,1-5H3,(H2,23,24,25,28). The number of hydrogen-bond donors (Lipinski definition) is 2. The molecule has 32 heavy (non-hydrogen) atoms. The van der Waals surface area contributed by atoms with Crippen LogP contribution in [0.1, 0.15) is 13.3 Å². The first-order valence-electron chi connectivity index (χ1n) is 11.0. The van der Waals surface area contributed by atoms with Gasteiger partial charge in [-0.05, 0) is 24.4 Å². The summed E-state index contributed by atoms with van der Waals surface area (Å²) < 4.78 is 12.5. The number of fused-ring (bicyclic) bond motifs is 1. The van der Waals surface area contributed by atoms with Crippen molar-refractivity contribution in [3.05, 3.63) is 18.5 Å². The maximum atomic E-state index is 12.5. The number of hydrogen-bond acceptors (Lipinski definition) is 6. The van der Waals surface area contributed by atoms with Crippen LogP contribution < -0.4 is 10.6 Å². The fraction of sp³-hybridized carbons (Fsp3) is 0.619. The van der Waals surface area contributed by atoms with Gasteiger partial charge in [-0.3, -0.25) is 5.32 Å². The number of carbonyl (C=O) groups is 2. The van der Waals surface area contributed by atoms with Crippen LogP contribution in [0.3, 0.4) is 0 Å². The van der Waals surface area contributed by atoms with Gasteiger partial charge in [-0.2, -0.15) is 0 Å². The largest absolute Gasteiger partial charge is 0.453 e. The van der Waals surface area contributed by atoms with E-state index in [2.05, 4.69) is 40.2 Å². The Hall–Kier alpha value is -2.66. The second-order valence-corrected chi connectivity index (χ2v) is 15.1. The molecule has 2 unspecified atom stereocenters. The first-order valence-corrected chi connectivity index (χ1v) is 14.7. The number of nitrogens with zero attached hydrogens (tertiary/aromatic N) is 4. The Morgan fingerprint density at radius 1 is 1.31 bits per heavy atom. The Morgan fingerprint density at radius 2 is 2.09 bits per heavy atom. The second-order valence-electron chi connectivity index (χ2n) is 9.48. The number of anilines is 1. The van der Waals surface area contributed by atoms with Gasteiger partial charge in [-0.1, -0.05) is 26.6 Å². The molecule has 0 spiro atoms. The summed E-state index contributed by atoms with van der Waals surface area (Å²) in [6, 6.07) is 2.59. The first kappa shape index (κ1) is 24.0. The molecule has 1 saturated heterocycles. The van der Waals surface area contributed by atoms with Crippen LogP contribution in [0.4, 0.5) is 15.4 Å². The average molecular weight is 463 g/mol. The molecule has 10 nitrogen and oxygen atoms in total. The van der Waals surface area contributed by atoms with Gasteiger partial charge in [0.25, 0.3) is 0 Å². The lowest BCUT2D eigenvalue weighted by Gasteiger charge is -2.36. The van der Waals surface area contributed by atoms with E-state index in [4.69, 9.17) is 9.47 Å². The molecule has 0 radical (unpaired) electrons. The zero-order chi connectivity index (χ0) is 23.3. The predicted octanol–water partition coefficient (Wildman–Crippen LogP) is 3.34. The lowest BCUT2D eigenvalue weighted by Crippen LogP contribution is -2.52. The molecule has 3 heterocycles. The topological polar surface area (TPSA) is 111 Å². The smallest absolute Gasteiger partial charge is 0.409 e. The van der Waals surface area contributed by atoms with Gasteiger partial charge in [0.2, 0.25) is 0 Å². The number of amides is 3. The highest BCUT2D eigenvalue weighted by Crippen LogP contribution is 2.18. The normalized spacial score (nSPS) is 19.1. The van der Waals surface area contributed by atoms with E-state index >= 15 is 0 Å². The van der Waals surface area contributed by atoms with Crippen molar-refractivity contribution in [2.24, 2.45) is 5.92 Å². The zero-order valence-corrected chi connectivity index (χ0v) is 20.6. The number of piperidine rings is 1. The van der Waals surface area contributed by atoms with Crippen molar-refractivity contribution in [2.45, 2.75) is 51.8 Å². The molecule has 2 aromatic rings. The number of rotatable bonds is 7. The Morgan fingerprint density at radius 3 is 2.78 bits per heavy atom. The molecule has 2 aromatic heterocycles. The van der Waals surface area contributed by atoms with Crippen molar-refractivity contribution in [2.75, 3.05) is 32.1 Å². The summed E-state index contributed by atoms with van der Waals surface area (Å²) in [5.41, 5.74) is 1.41. The van der Waals surface area contributed by atoms with Crippen molar-refractivity contribution in [1.82, 2.24) is 24.8 Å². The van der Waals surface area contributed by atoms with Gasteiger partial charge in [0.1, 0.15) is 12.2 Å². The fourth-order valence-electron chi connectivity index (χ4n) is 3.64. The van der Waals surface area contributed by atoms with Crippen LogP contribution >= 0.6 is 0 Å². The summed E-state index contributed by atoms with van der Waals surface area (Å²) in [6.07, 6.45) is 3.76. The first-order chi connectivity index (χ1) is 15.2. The van der Waals surface area contributed by atoms with Gasteiger partial charge in [0.05, 0.1) is 13.3 Å². The van der Waals surface area contributed by atoms with E-state index in [-0.39, 0.29) is 24.1 Å². The molecular weight excluding hydrogens is 428 g/mol. The summed E-state index contributed by atoms with van der Waals surface area (Å²) >= 11 is 0. The minimum atomic E-state index is -1.12. The highest BCUT2D eigenvalue weighted by molar-refractivity contribution is 6.76. The van der Waals surface area contributed by atoms with Gasteiger partial charge < -0.3 is 24.3 Å². The van der Waals surface area contributed by atoms with E-state index in [9.17, 15) is 9.59 Å².